The van der Waals surface area contributed by atoms with Gasteiger partial charge in [-0.15, -0.1) is 0 Å². The van der Waals surface area contributed by atoms with Crippen molar-refractivity contribution in [3.05, 3.63) is 35.4 Å². The molecule has 0 unspecified atom stereocenters. The van der Waals surface area contributed by atoms with E-state index < -0.39 is 0 Å². The predicted octanol–water partition coefficient (Wildman–Crippen LogP) is 4.40. The number of hydrogen-bond donors (Lipinski definition) is 1. The Morgan fingerprint density at radius 3 is 2.50 bits per heavy atom. The molecular weight excluding hydrogens is 330 g/mol. The van der Waals surface area contributed by atoms with E-state index in [2.05, 4.69) is 29.6 Å². The van der Waals surface area contributed by atoms with Gasteiger partial charge in [0.1, 0.15) is 6.61 Å². The van der Waals surface area contributed by atoms with Gasteiger partial charge < -0.3 is 19.5 Å². The second kappa shape index (κ2) is 12.7. The second-order valence-corrected chi connectivity index (χ2v) is 6.89. The molecule has 1 fully saturated rings. The first-order chi connectivity index (χ1) is 12.8. The maximum absolute atomic E-state index is 11.7. The summed E-state index contributed by atoms with van der Waals surface area (Å²) in [6, 6.07) is 8.52. The summed E-state index contributed by atoms with van der Waals surface area (Å²) < 4.78 is 15.6. The van der Waals surface area contributed by atoms with Crippen molar-refractivity contribution in [1.29, 1.82) is 0 Å². The lowest BCUT2D eigenvalue weighted by Gasteiger charge is -2.22. The molecule has 1 saturated carbocycles. The number of methoxy groups -OCH3 is 1. The molecule has 5 heteroatoms. The average molecular weight is 363 g/mol. The van der Waals surface area contributed by atoms with Crippen molar-refractivity contribution >= 4 is 6.09 Å². The molecule has 1 aliphatic rings. The molecule has 1 amide bonds. The van der Waals surface area contributed by atoms with E-state index in [0.29, 0.717) is 38.9 Å². The van der Waals surface area contributed by atoms with Crippen molar-refractivity contribution < 1.29 is 19.0 Å². The van der Waals surface area contributed by atoms with Crippen LogP contribution in [0.2, 0.25) is 0 Å². The highest BCUT2D eigenvalue weighted by Gasteiger charge is 2.15. The molecule has 0 spiro atoms. The monoisotopic (exact) mass is 363 g/mol. The minimum absolute atomic E-state index is 0.310. The van der Waals surface area contributed by atoms with E-state index in [-0.39, 0.29) is 6.09 Å². The average Bonchev–Trinajstić information content (AvgIpc) is 2.69. The highest BCUT2D eigenvalue weighted by Crippen LogP contribution is 2.32. The van der Waals surface area contributed by atoms with Gasteiger partial charge in [0.2, 0.25) is 0 Å². The van der Waals surface area contributed by atoms with Gasteiger partial charge in [0.25, 0.3) is 0 Å². The van der Waals surface area contributed by atoms with E-state index >= 15 is 0 Å². The quantitative estimate of drug-likeness (QED) is 0.592. The van der Waals surface area contributed by atoms with E-state index in [1.165, 1.54) is 37.7 Å². The van der Waals surface area contributed by atoms with Crippen molar-refractivity contribution in [2.45, 2.75) is 57.5 Å². The van der Waals surface area contributed by atoms with Crippen LogP contribution in [0.15, 0.2) is 24.3 Å². The Kier molecular flexibility index (Phi) is 10.1. The number of amides is 1. The molecule has 0 aromatic heterocycles. The number of alkyl carbamates (subject to hydrolysis) is 1. The van der Waals surface area contributed by atoms with Crippen LogP contribution in [0.3, 0.4) is 0 Å². The summed E-state index contributed by atoms with van der Waals surface area (Å²) in [7, 11) is 1.68. The molecule has 1 aromatic rings. The van der Waals surface area contributed by atoms with Crippen LogP contribution in [0.5, 0.6) is 0 Å². The van der Waals surface area contributed by atoms with Crippen molar-refractivity contribution in [1.82, 2.24) is 5.32 Å². The fourth-order valence-electron chi connectivity index (χ4n) is 3.29. The fourth-order valence-corrected chi connectivity index (χ4v) is 3.29. The van der Waals surface area contributed by atoms with Gasteiger partial charge in [-0.05, 0) is 42.7 Å². The number of rotatable bonds is 11. The molecule has 0 radical (unpaired) electrons. The third-order valence-corrected chi connectivity index (χ3v) is 4.80. The first kappa shape index (κ1) is 20.7. The Bertz CT molecular complexity index is 497. The number of benzene rings is 1. The SMILES string of the molecule is COCCCOCCCNC(=O)OCc1ccc(C2CCCCC2)cc1. The summed E-state index contributed by atoms with van der Waals surface area (Å²) >= 11 is 0. The van der Waals surface area contributed by atoms with Crippen LogP contribution in [0.4, 0.5) is 4.79 Å². The van der Waals surface area contributed by atoms with Crippen LogP contribution < -0.4 is 5.32 Å². The van der Waals surface area contributed by atoms with Crippen LogP contribution in [0, 0.1) is 0 Å². The van der Waals surface area contributed by atoms with Gasteiger partial charge in [-0.25, -0.2) is 4.79 Å². The zero-order valence-electron chi connectivity index (χ0n) is 16.0. The van der Waals surface area contributed by atoms with Crippen molar-refractivity contribution in [2.24, 2.45) is 0 Å². The Hall–Kier alpha value is -1.59. The summed E-state index contributed by atoms with van der Waals surface area (Å²) in [4.78, 5) is 11.7. The van der Waals surface area contributed by atoms with E-state index in [9.17, 15) is 4.79 Å². The number of ether oxygens (including phenoxy) is 3. The highest BCUT2D eigenvalue weighted by atomic mass is 16.5. The molecule has 26 heavy (non-hydrogen) atoms. The lowest BCUT2D eigenvalue weighted by atomic mass is 9.84. The first-order valence-corrected chi connectivity index (χ1v) is 9.85. The predicted molar refractivity (Wildman–Crippen MR) is 102 cm³/mol. The normalized spacial score (nSPS) is 15.0. The van der Waals surface area contributed by atoms with Crippen LogP contribution >= 0.6 is 0 Å². The molecule has 0 aliphatic heterocycles. The molecule has 0 bridgehead atoms. The summed E-state index contributed by atoms with van der Waals surface area (Å²) in [6.07, 6.45) is 7.95. The maximum Gasteiger partial charge on any atom is 0.407 e. The number of nitrogens with one attached hydrogen (secondary N) is 1. The molecule has 0 saturated heterocycles. The summed E-state index contributed by atoms with van der Waals surface area (Å²) in [6.45, 7) is 2.90. The minimum atomic E-state index is -0.374. The van der Waals surface area contributed by atoms with Gasteiger partial charge in [0, 0.05) is 33.5 Å². The first-order valence-electron chi connectivity index (χ1n) is 9.85. The zero-order valence-corrected chi connectivity index (χ0v) is 16.0. The van der Waals surface area contributed by atoms with Gasteiger partial charge >= 0.3 is 6.09 Å². The van der Waals surface area contributed by atoms with Crippen LogP contribution in [-0.2, 0) is 20.8 Å². The standard InChI is InChI=1S/C21H33NO4/c1-24-14-6-16-25-15-5-13-22-21(23)26-17-18-9-11-20(12-10-18)19-7-3-2-4-8-19/h9-12,19H,2-8,13-17H2,1H3,(H,22,23). The van der Waals surface area contributed by atoms with Crippen molar-refractivity contribution in [3.63, 3.8) is 0 Å². The molecular formula is C21H33NO4. The van der Waals surface area contributed by atoms with Crippen molar-refractivity contribution in [2.75, 3.05) is 33.5 Å². The third kappa shape index (κ3) is 8.19. The van der Waals surface area contributed by atoms with E-state index in [1.807, 2.05) is 0 Å². The summed E-state index contributed by atoms with van der Waals surface area (Å²) in [5.74, 6) is 0.707. The molecule has 0 heterocycles. The summed E-state index contributed by atoms with van der Waals surface area (Å²) in [5, 5.41) is 2.75. The molecule has 1 aliphatic carbocycles. The molecule has 146 valence electrons. The largest absolute Gasteiger partial charge is 0.445 e. The molecule has 1 aromatic carbocycles. The van der Waals surface area contributed by atoms with Gasteiger partial charge in [0.15, 0.2) is 0 Å². The highest BCUT2D eigenvalue weighted by molar-refractivity contribution is 5.67. The Morgan fingerprint density at radius 1 is 1.04 bits per heavy atom. The second-order valence-electron chi connectivity index (χ2n) is 6.89. The molecule has 2 rings (SSSR count). The Morgan fingerprint density at radius 2 is 1.77 bits per heavy atom. The van der Waals surface area contributed by atoms with Crippen LogP contribution in [0.25, 0.3) is 0 Å². The van der Waals surface area contributed by atoms with Gasteiger partial charge in [-0.2, -0.15) is 0 Å². The van der Waals surface area contributed by atoms with E-state index in [1.54, 1.807) is 7.11 Å². The van der Waals surface area contributed by atoms with Crippen LogP contribution in [-0.4, -0.2) is 39.6 Å². The number of carbonyl (C=O) groups excluding carboxylic acids is 1. The molecule has 1 N–H and O–H groups in total. The Balaban J connectivity index is 1.54. The topological polar surface area (TPSA) is 56.8 Å². The van der Waals surface area contributed by atoms with E-state index in [4.69, 9.17) is 14.2 Å². The van der Waals surface area contributed by atoms with Crippen LogP contribution in [0.1, 0.15) is 62.0 Å². The van der Waals surface area contributed by atoms with E-state index in [0.717, 1.165) is 18.4 Å². The lowest BCUT2D eigenvalue weighted by molar-refractivity contribution is 0.1000. The fraction of sp³-hybridized carbons (Fsp3) is 0.667. The molecule has 0 atom stereocenters. The van der Waals surface area contributed by atoms with Crippen molar-refractivity contribution in [3.8, 4) is 0 Å². The third-order valence-electron chi connectivity index (χ3n) is 4.80. The Labute approximate surface area is 157 Å². The number of hydrogen-bond acceptors (Lipinski definition) is 4. The van der Waals surface area contributed by atoms with Gasteiger partial charge in [-0.1, -0.05) is 43.5 Å². The summed E-state index contributed by atoms with van der Waals surface area (Å²) in [5.41, 5.74) is 2.45. The minimum Gasteiger partial charge on any atom is -0.445 e. The maximum atomic E-state index is 11.7. The van der Waals surface area contributed by atoms with Gasteiger partial charge in [-0.3, -0.25) is 0 Å². The lowest BCUT2D eigenvalue weighted by Crippen LogP contribution is -2.26. The molecule has 5 nitrogen and oxygen atoms in total. The smallest absolute Gasteiger partial charge is 0.407 e. The zero-order chi connectivity index (χ0) is 18.5. The van der Waals surface area contributed by atoms with Gasteiger partial charge in [0.05, 0.1) is 0 Å². The number of carbonyl (C=O) groups is 1.